The van der Waals surface area contributed by atoms with Crippen LogP contribution in [0.4, 0.5) is 4.39 Å². The molecule has 132 valence electrons. The van der Waals surface area contributed by atoms with Crippen molar-refractivity contribution in [3.63, 3.8) is 0 Å². The molecule has 1 aliphatic heterocycles. The zero-order valence-corrected chi connectivity index (χ0v) is 14.5. The molecule has 0 bridgehead atoms. The topological polar surface area (TPSA) is 60.2 Å². The van der Waals surface area contributed by atoms with E-state index in [0.29, 0.717) is 31.5 Å². The average molecular weight is 362 g/mol. The molecule has 0 spiro atoms. The van der Waals surface area contributed by atoms with Crippen LogP contribution in [-0.2, 0) is 9.53 Å². The average Bonchev–Trinajstić information content (AvgIpc) is 3.38. The lowest BCUT2D eigenvalue weighted by atomic mass is 10.1. The Hall–Kier alpha value is -1.93. The maximum absolute atomic E-state index is 13.1. The van der Waals surface area contributed by atoms with Crippen LogP contribution in [0.25, 0.3) is 0 Å². The van der Waals surface area contributed by atoms with E-state index < -0.39 is 0 Å². The van der Waals surface area contributed by atoms with Crippen LogP contribution in [0.1, 0.15) is 30.6 Å². The summed E-state index contributed by atoms with van der Waals surface area (Å²) in [6.07, 6.45) is 3.84. The first-order valence-corrected chi connectivity index (χ1v) is 9.36. The highest BCUT2D eigenvalue weighted by Crippen LogP contribution is 2.37. The Kier molecular flexibility index (Phi) is 4.72. The summed E-state index contributed by atoms with van der Waals surface area (Å²) in [7, 11) is 0. The number of hydrogen-bond donors (Lipinski definition) is 0. The molecule has 8 heteroatoms. The number of nitrogens with zero attached hydrogens (tertiary/aromatic N) is 4. The Morgan fingerprint density at radius 1 is 1.32 bits per heavy atom. The van der Waals surface area contributed by atoms with Crippen LogP contribution in [0.5, 0.6) is 0 Å². The van der Waals surface area contributed by atoms with Crippen molar-refractivity contribution in [1.82, 2.24) is 19.7 Å². The maximum atomic E-state index is 13.1. The number of ether oxygens (including phenoxy) is 1. The minimum absolute atomic E-state index is 0.0609. The molecular formula is C17H19FN4O2S. The minimum atomic E-state index is -0.274. The largest absolute Gasteiger partial charge is 0.370 e. The lowest BCUT2D eigenvalue weighted by molar-refractivity contribution is -0.136. The number of thioether (sulfide) groups is 1. The van der Waals surface area contributed by atoms with E-state index in [9.17, 15) is 9.18 Å². The van der Waals surface area contributed by atoms with Crippen molar-refractivity contribution in [3.05, 3.63) is 42.0 Å². The van der Waals surface area contributed by atoms with Crippen molar-refractivity contribution in [1.29, 1.82) is 0 Å². The van der Waals surface area contributed by atoms with Gasteiger partial charge >= 0.3 is 0 Å². The normalized spacial score (nSPS) is 20.7. The van der Waals surface area contributed by atoms with Crippen molar-refractivity contribution < 1.29 is 13.9 Å². The van der Waals surface area contributed by atoms with E-state index in [1.807, 2.05) is 4.90 Å². The van der Waals surface area contributed by atoms with Crippen molar-refractivity contribution in [2.45, 2.75) is 30.1 Å². The van der Waals surface area contributed by atoms with E-state index in [2.05, 4.69) is 14.8 Å². The number of halogens is 1. The predicted molar refractivity (Wildman–Crippen MR) is 90.7 cm³/mol. The molecule has 4 rings (SSSR count). The van der Waals surface area contributed by atoms with Crippen LogP contribution < -0.4 is 0 Å². The van der Waals surface area contributed by atoms with E-state index >= 15 is 0 Å². The predicted octanol–water partition coefficient (Wildman–Crippen LogP) is 2.44. The second kappa shape index (κ2) is 7.13. The second-order valence-corrected chi connectivity index (χ2v) is 7.23. The van der Waals surface area contributed by atoms with E-state index in [1.165, 1.54) is 23.9 Å². The fraction of sp³-hybridized carbons (Fsp3) is 0.471. The van der Waals surface area contributed by atoms with Gasteiger partial charge in [0, 0.05) is 12.6 Å². The summed E-state index contributed by atoms with van der Waals surface area (Å²) < 4.78 is 20.9. The molecule has 0 N–H and O–H groups in total. The van der Waals surface area contributed by atoms with Gasteiger partial charge < -0.3 is 14.2 Å². The van der Waals surface area contributed by atoms with Crippen LogP contribution in [0.3, 0.4) is 0 Å². The van der Waals surface area contributed by atoms with Crippen LogP contribution in [0.2, 0.25) is 0 Å². The molecule has 2 fully saturated rings. The van der Waals surface area contributed by atoms with Gasteiger partial charge in [-0.1, -0.05) is 23.9 Å². The fourth-order valence-corrected chi connectivity index (χ4v) is 3.80. The Balaban J connectivity index is 1.35. The summed E-state index contributed by atoms with van der Waals surface area (Å²) in [4.78, 5) is 14.4. The van der Waals surface area contributed by atoms with E-state index in [-0.39, 0.29) is 17.8 Å². The quantitative estimate of drug-likeness (QED) is 0.765. The molecule has 1 aromatic carbocycles. The first-order chi connectivity index (χ1) is 12.2. The van der Waals surface area contributed by atoms with Crippen molar-refractivity contribution in [3.8, 4) is 0 Å². The highest BCUT2D eigenvalue weighted by molar-refractivity contribution is 7.99. The molecule has 1 saturated heterocycles. The third-order valence-corrected chi connectivity index (χ3v) is 5.41. The van der Waals surface area contributed by atoms with Gasteiger partial charge in [0.05, 0.1) is 18.9 Å². The summed E-state index contributed by atoms with van der Waals surface area (Å²) in [6.45, 7) is 1.55. The van der Waals surface area contributed by atoms with Crippen molar-refractivity contribution >= 4 is 17.7 Å². The number of aromatic nitrogens is 3. The van der Waals surface area contributed by atoms with Crippen molar-refractivity contribution in [2.75, 3.05) is 25.4 Å². The molecule has 1 saturated carbocycles. The highest BCUT2D eigenvalue weighted by atomic mass is 32.2. The van der Waals surface area contributed by atoms with Gasteiger partial charge in [0.1, 0.15) is 18.2 Å². The van der Waals surface area contributed by atoms with Gasteiger partial charge in [0.25, 0.3) is 0 Å². The first-order valence-electron chi connectivity index (χ1n) is 8.38. The number of carbonyl (C=O) groups is 1. The summed E-state index contributed by atoms with van der Waals surface area (Å²) in [5, 5.41) is 8.86. The molecule has 1 atom stereocenters. The standard InChI is InChI=1S/C17H19FN4O2S/c18-13-3-1-12(2-4-13)15-9-21(7-8-24-15)16(23)10-25-17-20-19-11-22(17)14-5-6-14/h1-4,11,14-15H,5-10H2. The molecule has 1 unspecified atom stereocenters. The second-order valence-electron chi connectivity index (χ2n) is 6.29. The Morgan fingerprint density at radius 2 is 2.12 bits per heavy atom. The van der Waals surface area contributed by atoms with Crippen molar-refractivity contribution in [2.24, 2.45) is 0 Å². The third-order valence-electron chi connectivity index (χ3n) is 4.47. The molecule has 2 aliphatic rings. The number of hydrogen-bond acceptors (Lipinski definition) is 5. The van der Waals surface area contributed by atoms with Gasteiger partial charge in [-0.15, -0.1) is 10.2 Å². The molecule has 2 heterocycles. The van der Waals surface area contributed by atoms with Gasteiger partial charge in [-0.3, -0.25) is 4.79 Å². The Bertz CT molecular complexity index is 747. The van der Waals surface area contributed by atoms with Gasteiger partial charge in [-0.05, 0) is 30.5 Å². The number of rotatable bonds is 5. The molecule has 1 aliphatic carbocycles. The smallest absolute Gasteiger partial charge is 0.233 e. The van der Waals surface area contributed by atoms with Gasteiger partial charge in [-0.25, -0.2) is 4.39 Å². The third kappa shape index (κ3) is 3.85. The summed E-state index contributed by atoms with van der Waals surface area (Å²) in [5.74, 6) is 0.121. The van der Waals surface area contributed by atoms with Crippen LogP contribution in [0, 0.1) is 5.82 Å². The van der Waals surface area contributed by atoms with E-state index in [1.54, 1.807) is 18.5 Å². The number of morpholine rings is 1. The molecule has 25 heavy (non-hydrogen) atoms. The molecule has 2 aromatic rings. The highest BCUT2D eigenvalue weighted by Gasteiger charge is 2.28. The van der Waals surface area contributed by atoms with Gasteiger partial charge in [0.15, 0.2) is 5.16 Å². The van der Waals surface area contributed by atoms with E-state index in [0.717, 1.165) is 23.6 Å². The summed E-state index contributed by atoms with van der Waals surface area (Å²) >= 11 is 1.43. The van der Waals surface area contributed by atoms with Gasteiger partial charge in [-0.2, -0.15) is 0 Å². The summed E-state index contributed by atoms with van der Waals surface area (Å²) in [6, 6.07) is 6.75. The molecular weight excluding hydrogens is 343 g/mol. The first kappa shape index (κ1) is 16.5. The van der Waals surface area contributed by atoms with Crippen LogP contribution in [0.15, 0.2) is 35.7 Å². The van der Waals surface area contributed by atoms with Gasteiger partial charge in [0.2, 0.25) is 5.91 Å². The summed E-state index contributed by atoms with van der Waals surface area (Å²) in [5.41, 5.74) is 0.889. The fourth-order valence-electron chi connectivity index (χ4n) is 2.91. The Labute approximate surface area is 149 Å². The maximum Gasteiger partial charge on any atom is 0.233 e. The minimum Gasteiger partial charge on any atom is -0.370 e. The van der Waals surface area contributed by atoms with Crippen LogP contribution >= 0.6 is 11.8 Å². The monoisotopic (exact) mass is 362 g/mol. The van der Waals surface area contributed by atoms with Crippen LogP contribution in [-0.4, -0.2) is 51.0 Å². The molecule has 1 aromatic heterocycles. The number of amides is 1. The lowest BCUT2D eigenvalue weighted by Gasteiger charge is -2.33. The zero-order valence-electron chi connectivity index (χ0n) is 13.7. The lowest BCUT2D eigenvalue weighted by Crippen LogP contribution is -2.43. The zero-order chi connectivity index (χ0) is 17.2. The SMILES string of the molecule is O=C(CSc1nncn1C1CC1)N1CCOC(c2ccc(F)cc2)C1. The van der Waals surface area contributed by atoms with E-state index in [4.69, 9.17) is 4.74 Å². The number of benzene rings is 1. The number of carbonyl (C=O) groups excluding carboxylic acids is 1. The molecule has 0 radical (unpaired) electrons. The molecule has 1 amide bonds. The molecule has 6 nitrogen and oxygen atoms in total. The Morgan fingerprint density at radius 3 is 2.88 bits per heavy atom.